The molecule has 11 nitrogen and oxygen atoms in total. The largest absolute Gasteiger partial charge is 0.325 e. The average Bonchev–Trinajstić information content (AvgIpc) is 3.44. The molecule has 1 unspecified atom stereocenters. The predicted molar refractivity (Wildman–Crippen MR) is 177 cm³/mol. The van der Waals surface area contributed by atoms with Crippen LogP contribution in [0.2, 0.25) is 0 Å². The number of Topliss-reactive ketones (excluding diaryl/α,β-unsaturated/α-hetero) is 1. The molecule has 2 aliphatic heterocycles. The lowest BCUT2D eigenvalue weighted by molar-refractivity contribution is -0.138. The zero-order valence-corrected chi connectivity index (χ0v) is 27.9. The lowest BCUT2D eigenvalue weighted by atomic mass is 9.97. The Hall–Kier alpha value is -4.03. The van der Waals surface area contributed by atoms with Crippen molar-refractivity contribution in [1.82, 2.24) is 34.5 Å². The first-order valence-corrected chi connectivity index (χ1v) is 16.7. The number of carbonyl (C=O) groups is 3. The smallest absolute Gasteiger partial charge is 0.248 e. The van der Waals surface area contributed by atoms with Crippen molar-refractivity contribution in [2.45, 2.75) is 71.5 Å². The van der Waals surface area contributed by atoms with E-state index in [4.69, 9.17) is 0 Å². The predicted octanol–water partition coefficient (Wildman–Crippen LogP) is 4.95. The van der Waals surface area contributed by atoms with Gasteiger partial charge in [-0.2, -0.15) is 5.10 Å². The molecule has 1 N–H and O–H groups in total. The summed E-state index contributed by atoms with van der Waals surface area (Å²) in [4.78, 5) is 58.2. The Bertz CT molecular complexity index is 1850. The summed E-state index contributed by atoms with van der Waals surface area (Å²) in [5.41, 5.74) is 3.41. The molecule has 7 rings (SSSR count). The minimum absolute atomic E-state index is 0.0171. The number of nitrogens with zero attached hydrogens (tertiary/aromatic N) is 7. The number of aryl methyl sites for hydroxylation is 2. The number of pyridine rings is 1. The number of amides is 2. The van der Waals surface area contributed by atoms with E-state index < -0.39 is 6.04 Å². The van der Waals surface area contributed by atoms with Crippen molar-refractivity contribution in [3.05, 3.63) is 64.4 Å². The van der Waals surface area contributed by atoms with E-state index in [2.05, 4.69) is 46.2 Å². The Morgan fingerprint density at radius 3 is 2.50 bits per heavy atom. The molecule has 5 heterocycles. The van der Waals surface area contributed by atoms with Gasteiger partial charge in [-0.1, -0.05) is 18.6 Å². The van der Waals surface area contributed by atoms with Gasteiger partial charge in [0.05, 0.1) is 5.52 Å². The summed E-state index contributed by atoms with van der Waals surface area (Å²) >= 11 is 3.40. The number of fused-ring (bicyclic) bond motifs is 2. The van der Waals surface area contributed by atoms with Crippen LogP contribution in [0.25, 0.3) is 22.0 Å². The van der Waals surface area contributed by atoms with E-state index in [1.165, 1.54) is 26.2 Å². The first-order valence-electron chi connectivity index (χ1n) is 15.9. The summed E-state index contributed by atoms with van der Waals surface area (Å²) in [7, 11) is 0. The molecule has 1 aliphatic carbocycles. The highest BCUT2D eigenvalue weighted by molar-refractivity contribution is 9.10. The highest BCUT2D eigenvalue weighted by Gasteiger charge is 2.67. The molecular formula is C34H37BrN8O3. The Labute approximate surface area is 275 Å². The Kier molecular flexibility index (Phi) is 7.96. The molecule has 46 heavy (non-hydrogen) atoms. The van der Waals surface area contributed by atoms with E-state index in [1.54, 1.807) is 22.0 Å². The van der Waals surface area contributed by atoms with Gasteiger partial charge in [0.2, 0.25) is 11.8 Å². The number of hydrogen-bond donors (Lipinski definition) is 1. The van der Waals surface area contributed by atoms with Crippen LogP contribution in [-0.4, -0.2) is 83.8 Å². The highest BCUT2D eigenvalue weighted by atomic mass is 79.9. The van der Waals surface area contributed by atoms with Crippen molar-refractivity contribution in [2.75, 3.05) is 25.0 Å². The number of benzene rings is 1. The molecule has 3 atom stereocenters. The van der Waals surface area contributed by atoms with Crippen LogP contribution in [0.5, 0.6) is 0 Å². The molecule has 1 saturated carbocycles. The lowest BCUT2D eigenvalue weighted by Gasteiger charge is -2.30. The molecule has 0 bridgehead atoms. The van der Waals surface area contributed by atoms with Crippen LogP contribution in [0.3, 0.4) is 0 Å². The van der Waals surface area contributed by atoms with Crippen LogP contribution in [0.1, 0.15) is 60.9 Å². The zero-order chi connectivity index (χ0) is 32.2. The third kappa shape index (κ3) is 5.72. The first kappa shape index (κ1) is 30.6. The van der Waals surface area contributed by atoms with Gasteiger partial charge in [0.25, 0.3) is 0 Å². The van der Waals surface area contributed by atoms with Crippen molar-refractivity contribution in [1.29, 1.82) is 0 Å². The minimum Gasteiger partial charge on any atom is -0.325 e. The number of aromatic nitrogens is 5. The van der Waals surface area contributed by atoms with Crippen LogP contribution >= 0.6 is 15.9 Å². The number of carbonyl (C=O) groups excluding carboxylic acids is 3. The summed E-state index contributed by atoms with van der Waals surface area (Å²) in [6.45, 7) is 8.14. The molecule has 0 radical (unpaired) electrons. The fourth-order valence-corrected chi connectivity index (χ4v) is 7.64. The Morgan fingerprint density at radius 2 is 1.76 bits per heavy atom. The topological polar surface area (TPSA) is 126 Å². The molecule has 4 aromatic rings. The van der Waals surface area contributed by atoms with Gasteiger partial charge in [0, 0.05) is 48.3 Å². The van der Waals surface area contributed by atoms with Crippen LogP contribution < -0.4 is 5.32 Å². The third-order valence-corrected chi connectivity index (χ3v) is 10.2. The zero-order valence-electron chi connectivity index (χ0n) is 26.3. The van der Waals surface area contributed by atoms with Crippen molar-refractivity contribution in [2.24, 2.45) is 5.41 Å². The van der Waals surface area contributed by atoms with Crippen LogP contribution in [0.15, 0.2) is 47.3 Å². The van der Waals surface area contributed by atoms with Crippen molar-refractivity contribution < 1.29 is 14.4 Å². The van der Waals surface area contributed by atoms with Crippen LogP contribution in [0.4, 0.5) is 5.82 Å². The number of nitrogens with one attached hydrogen (secondary N) is 1. The monoisotopic (exact) mass is 684 g/mol. The number of hydrogen-bond acceptors (Lipinski definition) is 8. The van der Waals surface area contributed by atoms with Crippen molar-refractivity contribution in [3.8, 4) is 11.1 Å². The molecule has 2 saturated heterocycles. The molecule has 3 aromatic heterocycles. The lowest BCUT2D eigenvalue weighted by Crippen LogP contribution is -2.47. The van der Waals surface area contributed by atoms with Gasteiger partial charge in [-0.25, -0.2) is 15.0 Å². The van der Waals surface area contributed by atoms with Gasteiger partial charge < -0.3 is 15.1 Å². The fraction of sp³-hybridized carbons (Fsp3) is 0.441. The quantitative estimate of drug-likeness (QED) is 0.204. The normalized spacial score (nSPS) is 22.6. The van der Waals surface area contributed by atoms with Crippen LogP contribution in [-0.2, 0) is 16.1 Å². The van der Waals surface area contributed by atoms with Crippen LogP contribution in [0, 0.1) is 19.3 Å². The third-order valence-electron chi connectivity index (χ3n) is 9.78. The molecule has 1 aromatic carbocycles. The van der Waals surface area contributed by atoms with E-state index in [0.29, 0.717) is 39.3 Å². The summed E-state index contributed by atoms with van der Waals surface area (Å²) in [6, 6.07) is 8.79. The molecular weight excluding hydrogens is 648 g/mol. The number of rotatable bonds is 8. The molecule has 238 valence electrons. The number of likely N-dealkylation sites (tertiary alicyclic amines) is 2. The van der Waals surface area contributed by atoms with Crippen molar-refractivity contribution >= 4 is 50.2 Å². The maximum atomic E-state index is 14.3. The van der Waals surface area contributed by atoms with Gasteiger partial charge in [-0.05, 0) is 97.9 Å². The van der Waals surface area contributed by atoms with Crippen molar-refractivity contribution in [3.63, 3.8) is 0 Å². The summed E-state index contributed by atoms with van der Waals surface area (Å²) in [5, 5.41) is 8.30. The summed E-state index contributed by atoms with van der Waals surface area (Å²) < 4.78 is 2.23. The number of anilines is 1. The van der Waals surface area contributed by atoms with Gasteiger partial charge in [-0.15, -0.1) is 0 Å². The van der Waals surface area contributed by atoms with Gasteiger partial charge in [0.1, 0.15) is 34.5 Å². The maximum absolute atomic E-state index is 14.3. The molecule has 2 amide bonds. The van der Waals surface area contributed by atoms with E-state index in [0.717, 1.165) is 42.7 Å². The second-order valence-corrected chi connectivity index (χ2v) is 13.9. The highest BCUT2D eigenvalue weighted by Crippen LogP contribution is 2.60. The van der Waals surface area contributed by atoms with Gasteiger partial charge in [0.15, 0.2) is 5.78 Å². The number of halogens is 1. The minimum atomic E-state index is -0.626. The Balaban J connectivity index is 1.18. The summed E-state index contributed by atoms with van der Waals surface area (Å²) in [5.74, 6) is 0.556. The maximum Gasteiger partial charge on any atom is 0.248 e. The molecule has 3 fully saturated rings. The molecule has 0 spiro atoms. The standard InChI is InChI=1S/C34H37BrN8O3/c1-20-7-10-29(35)38-32(20)39-33(46)27-14-34(19-41-11-5-4-6-12-41)15-28(34)43(27)30(45)18-42-26-9-8-23(24-16-36-22(3)37-17-24)13-25(26)31(40-42)21(2)44/h7-10,13,16-17,27-28H,4-6,11-12,14-15,18-19H2,1-3H3,(H,38,39,46)/t27-,28?,34-/m0/s1. The number of ketones is 1. The SMILES string of the molecule is CC(=O)c1nn(CC(=O)N2C3C[C@]3(CN3CCCCC3)C[C@H]2C(=O)Nc2nc(Br)ccc2C)c2ccc(-c3cnc(C)nc3)cc12. The van der Waals surface area contributed by atoms with E-state index >= 15 is 0 Å². The second-order valence-electron chi connectivity index (χ2n) is 13.0. The number of piperidine rings is 2. The summed E-state index contributed by atoms with van der Waals surface area (Å²) in [6.07, 6.45) is 8.62. The van der Waals surface area contributed by atoms with Gasteiger partial charge in [-0.3, -0.25) is 19.1 Å². The average molecular weight is 686 g/mol. The fourth-order valence-electron chi connectivity index (χ4n) is 7.33. The molecule has 12 heteroatoms. The van der Waals surface area contributed by atoms with E-state index in [-0.39, 0.29) is 35.6 Å². The van der Waals surface area contributed by atoms with Gasteiger partial charge >= 0.3 is 0 Å². The van der Waals surface area contributed by atoms with E-state index in [9.17, 15) is 14.4 Å². The Morgan fingerprint density at radius 1 is 1.00 bits per heavy atom. The second kappa shape index (κ2) is 12.0. The molecule has 3 aliphatic rings. The first-order chi connectivity index (χ1) is 22.1. The van der Waals surface area contributed by atoms with E-state index in [1.807, 2.05) is 44.2 Å².